The van der Waals surface area contributed by atoms with Gasteiger partial charge in [-0.05, 0) is 0 Å². The minimum Gasteiger partial charge on any atom is -2.00 e. The maximum absolute atomic E-state index is 0. The van der Waals surface area contributed by atoms with Crippen molar-refractivity contribution in [1.29, 1.82) is 0 Å². The molecule has 0 unspecified atom stereocenters. The third kappa shape index (κ3) is 19.3. The molecule has 0 fully saturated rings. The van der Waals surface area contributed by atoms with Gasteiger partial charge in [0.25, 0.3) is 0 Å². The molecule has 0 aliphatic heterocycles. The van der Waals surface area contributed by atoms with Gasteiger partial charge >= 0.3 is 97.7 Å². The van der Waals surface area contributed by atoms with Crippen molar-refractivity contribution in [3.63, 3.8) is 0 Å². The van der Waals surface area contributed by atoms with Gasteiger partial charge in [0.1, 0.15) is 0 Å². The standard InChI is InChI=1S/Co.K.Na.2O/q+2;2*+1;2*-2. The summed E-state index contributed by atoms with van der Waals surface area (Å²) in [5.74, 6) is 0. The van der Waals surface area contributed by atoms with Gasteiger partial charge in [0.15, 0.2) is 0 Å². The molecular weight excluding hydrogens is 153 g/mol. The van der Waals surface area contributed by atoms with E-state index >= 15 is 0 Å². The number of hydrogen-bond acceptors (Lipinski definition) is 0. The van der Waals surface area contributed by atoms with Crippen molar-refractivity contribution in [3.8, 4) is 0 Å². The van der Waals surface area contributed by atoms with Crippen LogP contribution in [0.1, 0.15) is 0 Å². The average Bonchev–Trinajstić information content (AvgIpc) is 0. The minimum atomic E-state index is 0. The van der Waals surface area contributed by atoms with Gasteiger partial charge in [-0.25, -0.2) is 0 Å². The van der Waals surface area contributed by atoms with Crippen LogP contribution in [0.5, 0.6) is 0 Å². The first-order chi connectivity index (χ1) is 0. The van der Waals surface area contributed by atoms with E-state index in [-0.39, 0.29) is 109 Å². The second-order valence-electron chi connectivity index (χ2n) is 0. The van der Waals surface area contributed by atoms with Crippen LogP contribution in [0.25, 0.3) is 0 Å². The van der Waals surface area contributed by atoms with E-state index in [0.29, 0.717) is 0 Å². The molecule has 23 valence electrons. The number of hydrogen-bond donors (Lipinski definition) is 0. The summed E-state index contributed by atoms with van der Waals surface area (Å²) < 4.78 is 0. The topological polar surface area (TPSA) is 57.0 Å². The van der Waals surface area contributed by atoms with Crippen LogP contribution in [-0.2, 0) is 27.7 Å². The largest absolute Gasteiger partial charge is 2.00 e. The van der Waals surface area contributed by atoms with Gasteiger partial charge in [0, 0.05) is 0 Å². The Kier molecular flexibility index (Phi) is 237. The molecule has 0 saturated heterocycles. The molecule has 0 heterocycles. The zero-order valence-corrected chi connectivity index (χ0v) is 9.31. The van der Waals surface area contributed by atoms with Crippen LogP contribution in [-0.4, -0.2) is 0 Å². The molecule has 5 heavy (non-hydrogen) atoms. The molecule has 0 aromatic rings. The van der Waals surface area contributed by atoms with Crippen LogP contribution in [0.3, 0.4) is 0 Å². The molecule has 2 nitrogen and oxygen atoms in total. The van der Waals surface area contributed by atoms with Gasteiger partial charge in [0.2, 0.25) is 0 Å². The predicted molar refractivity (Wildman–Crippen MR) is 1.37 cm³/mol. The Morgan fingerprint density at radius 1 is 0.800 bits per heavy atom. The average molecular weight is 153 g/mol. The molecule has 0 aliphatic rings. The van der Waals surface area contributed by atoms with Crippen molar-refractivity contribution in [3.05, 3.63) is 0 Å². The van der Waals surface area contributed by atoms with E-state index in [2.05, 4.69) is 0 Å². The van der Waals surface area contributed by atoms with Crippen LogP contribution < -0.4 is 80.9 Å². The molecule has 0 atom stereocenters. The maximum Gasteiger partial charge on any atom is 2.00 e. The fourth-order valence-electron chi connectivity index (χ4n) is 0. The maximum atomic E-state index is 0. The SMILES string of the molecule is [Co+2].[K+].[Na+].[O-2].[O-2]. The summed E-state index contributed by atoms with van der Waals surface area (Å²) in [5.41, 5.74) is 0. The summed E-state index contributed by atoms with van der Waals surface area (Å²) in [6, 6.07) is 0. The Labute approximate surface area is 106 Å². The van der Waals surface area contributed by atoms with Gasteiger partial charge in [0.05, 0.1) is 0 Å². The summed E-state index contributed by atoms with van der Waals surface area (Å²) in [4.78, 5) is 0. The molecule has 0 amide bonds. The summed E-state index contributed by atoms with van der Waals surface area (Å²) in [6.45, 7) is 0. The van der Waals surface area contributed by atoms with E-state index in [1.165, 1.54) is 0 Å². The van der Waals surface area contributed by atoms with E-state index in [9.17, 15) is 0 Å². The van der Waals surface area contributed by atoms with Crippen molar-refractivity contribution < 1.29 is 109 Å². The van der Waals surface area contributed by atoms with E-state index in [4.69, 9.17) is 0 Å². The first-order valence-electron chi connectivity index (χ1n) is 0. The molecule has 0 saturated carbocycles. The van der Waals surface area contributed by atoms with Crippen LogP contribution in [0.4, 0.5) is 0 Å². The van der Waals surface area contributed by atoms with Crippen molar-refractivity contribution in [2.75, 3.05) is 0 Å². The normalized spacial score (nSPS) is 0. The Morgan fingerprint density at radius 2 is 0.800 bits per heavy atom. The van der Waals surface area contributed by atoms with Gasteiger partial charge in [-0.3, -0.25) is 0 Å². The Balaban J connectivity index is 0. The fraction of sp³-hybridized carbons (Fsp3) is 0. The predicted octanol–water partition coefficient (Wildman–Crippen LogP) is -6.23. The molecule has 1 radical (unpaired) electrons. The summed E-state index contributed by atoms with van der Waals surface area (Å²) in [5, 5.41) is 0. The molecule has 0 aliphatic carbocycles. The fourth-order valence-corrected chi connectivity index (χ4v) is 0. The molecular formula is CoKNaO2. The Bertz CT molecular complexity index is 9.61. The van der Waals surface area contributed by atoms with Crippen molar-refractivity contribution >= 4 is 0 Å². The zero-order chi connectivity index (χ0) is 0. The van der Waals surface area contributed by atoms with E-state index in [1.54, 1.807) is 0 Å². The number of rotatable bonds is 0. The van der Waals surface area contributed by atoms with Crippen LogP contribution in [0.15, 0.2) is 0 Å². The van der Waals surface area contributed by atoms with Crippen molar-refractivity contribution in [2.24, 2.45) is 0 Å². The smallest absolute Gasteiger partial charge is 2.00 e. The van der Waals surface area contributed by atoms with Crippen LogP contribution >= 0.6 is 0 Å². The second-order valence-corrected chi connectivity index (χ2v) is 0. The van der Waals surface area contributed by atoms with Crippen molar-refractivity contribution in [2.45, 2.75) is 0 Å². The van der Waals surface area contributed by atoms with E-state index < -0.39 is 0 Å². The third-order valence-electron chi connectivity index (χ3n) is 0. The summed E-state index contributed by atoms with van der Waals surface area (Å²) in [7, 11) is 0. The second kappa shape index (κ2) is 27.7. The zero-order valence-electron chi connectivity index (χ0n) is 3.15. The molecule has 0 N–H and O–H groups in total. The first kappa shape index (κ1) is 42.9. The summed E-state index contributed by atoms with van der Waals surface area (Å²) >= 11 is 0. The monoisotopic (exact) mass is 153 g/mol. The summed E-state index contributed by atoms with van der Waals surface area (Å²) in [6.07, 6.45) is 0. The first-order valence-corrected chi connectivity index (χ1v) is 0. The third-order valence-corrected chi connectivity index (χ3v) is 0. The van der Waals surface area contributed by atoms with E-state index in [0.717, 1.165) is 0 Å². The van der Waals surface area contributed by atoms with E-state index in [1.807, 2.05) is 0 Å². The van der Waals surface area contributed by atoms with Crippen LogP contribution in [0, 0.1) is 0 Å². The van der Waals surface area contributed by atoms with Crippen LogP contribution in [0.2, 0.25) is 0 Å². The molecule has 5 heteroatoms. The molecule has 0 rings (SSSR count). The van der Waals surface area contributed by atoms with Gasteiger partial charge < -0.3 is 11.0 Å². The Hall–Kier alpha value is 3.06. The molecule has 0 bridgehead atoms. The van der Waals surface area contributed by atoms with Gasteiger partial charge in [-0.2, -0.15) is 0 Å². The Morgan fingerprint density at radius 3 is 0.800 bits per heavy atom. The van der Waals surface area contributed by atoms with Gasteiger partial charge in [-0.15, -0.1) is 0 Å². The van der Waals surface area contributed by atoms with Crippen molar-refractivity contribution in [1.82, 2.24) is 0 Å². The molecule has 0 aromatic heterocycles. The molecule has 0 spiro atoms. The quantitative estimate of drug-likeness (QED) is 0.311. The molecule has 0 aromatic carbocycles. The van der Waals surface area contributed by atoms with Gasteiger partial charge in [-0.1, -0.05) is 0 Å². The minimum absolute atomic E-state index is 0.